The molecule has 0 amide bonds. The quantitative estimate of drug-likeness (QED) is 0.209. The molecule has 0 atom stereocenters. The van der Waals surface area contributed by atoms with Gasteiger partial charge >= 0.3 is 0 Å². The van der Waals surface area contributed by atoms with Gasteiger partial charge in [-0.25, -0.2) is 19.9 Å². The van der Waals surface area contributed by atoms with Crippen LogP contribution in [0.1, 0.15) is 11.1 Å². The standard InChI is InChI=1S/C39H27N5/c1-3-26-22-31(21-20-25(26)2)38-42-36(27-12-5-4-6-13-27)41-37(43-38)30-16-11-15-28(23-30)32-24-29-14-7-9-18-34(29)44-35-19-10-8-17-33(35)40-39(32)44/h3-24H,1H2,2H3. The first-order chi connectivity index (χ1) is 21.7. The van der Waals surface area contributed by atoms with Crippen molar-refractivity contribution in [2.24, 2.45) is 0 Å². The summed E-state index contributed by atoms with van der Waals surface area (Å²) in [5.41, 5.74) is 11.2. The van der Waals surface area contributed by atoms with Crippen LogP contribution < -0.4 is 0 Å². The Morgan fingerprint density at radius 1 is 0.545 bits per heavy atom. The van der Waals surface area contributed by atoms with Crippen molar-refractivity contribution in [3.63, 3.8) is 0 Å². The van der Waals surface area contributed by atoms with E-state index >= 15 is 0 Å². The molecule has 5 nitrogen and oxygen atoms in total. The highest BCUT2D eigenvalue weighted by atomic mass is 15.0. The van der Waals surface area contributed by atoms with Crippen LogP contribution in [0.15, 0.2) is 134 Å². The van der Waals surface area contributed by atoms with Crippen molar-refractivity contribution in [1.29, 1.82) is 0 Å². The third-order valence-electron chi connectivity index (χ3n) is 8.14. The van der Waals surface area contributed by atoms with Gasteiger partial charge in [-0.2, -0.15) is 0 Å². The summed E-state index contributed by atoms with van der Waals surface area (Å²) < 4.78 is 2.26. The van der Waals surface area contributed by atoms with Crippen LogP contribution in [0.4, 0.5) is 0 Å². The second kappa shape index (κ2) is 10.4. The van der Waals surface area contributed by atoms with Gasteiger partial charge in [0.2, 0.25) is 0 Å². The third kappa shape index (κ3) is 4.34. The zero-order valence-electron chi connectivity index (χ0n) is 24.1. The Bertz CT molecular complexity index is 2370. The number of hydrogen-bond donors (Lipinski definition) is 0. The number of aryl methyl sites for hydroxylation is 1. The molecule has 0 unspecified atom stereocenters. The Morgan fingerprint density at radius 2 is 1.18 bits per heavy atom. The maximum Gasteiger partial charge on any atom is 0.164 e. The van der Waals surface area contributed by atoms with E-state index in [2.05, 4.69) is 109 Å². The highest BCUT2D eigenvalue weighted by molar-refractivity contribution is 5.98. The molecule has 208 valence electrons. The van der Waals surface area contributed by atoms with E-state index in [4.69, 9.17) is 19.9 Å². The molecule has 3 heterocycles. The Balaban J connectivity index is 1.34. The van der Waals surface area contributed by atoms with Gasteiger partial charge in [-0.1, -0.05) is 104 Å². The van der Waals surface area contributed by atoms with E-state index in [0.29, 0.717) is 17.5 Å². The van der Waals surface area contributed by atoms with E-state index in [0.717, 1.165) is 66.5 Å². The lowest BCUT2D eigenvalue weighted by Gasteiger charge is -2.12. The monoisotopic (exact) mass is 565 g/mol. The second-order valence-corrected chi connectivity index (χ2v) is 10.9. The zero-order chi connectivity index (χ0) is 29.6. The van der Waals surface area contributed by atoms with Gasteiger partial charge in [-0.05, 0) is 65.4 Å². The van der Waals surface area contributed by atoms with Crippen LogP contribution in [0.2, 0.25) is 0 Å². The van der Waals surface area contributed by atoms with Crippen molar-refractivity contribution in [2.75, 3.05) is 0 Å². The van der Waals surface area contributed by atoms with Crippen LogP contribution in [0.3, 0.4) is 0 Å². The molecule has 8 rings (SSSR count). The summed E-state index contributed by atoms with van der Waals surface area (Å²) >= 11 is 0. The third-order valence-corrected chi connectivity index (χ3v) is 8.14. The highest BCUT2D eigenvalue weighted by Crippen LogP contribution is 2.34. The summed E-state index contributed by atoms with van der Waals surface area (Å²) in [6.07, 6.45) is 1.87. The van der Waals surface area contributed by atoms with E-state index < -0.39 is 0 Å². The number of aromatic nitrogens is 5. The van der Waals surface area contributed by atoms with E-state index in [-0.39, 0.29) is 0 Å². The van der Waals surface area contributed by atoms with Crippen LogP contribution in [0.5, 0.6) is 0 Å². The van der Waals surface area contributed by atoms with E-state index in [1.807, 2.05) is 42.5 Å². The normalized spacial score (nSPS) is 11.4. The minimum Gasteiger partial charge on any atom is -0.292 e. The molecule has 5 heteroatoms. The van der Waals surface area contributed by atoms with Crippen molar-refractivity contribution >= 4 is 33.7 Å². The zero-order valence-corrected chi connectivity index (χ0v) is 24.1. The number of benzene rings is 5. The molecule has 0 spiro atoms. The highest BCUT2D eigenvalue weighted by Gasteiger charge is 2.17. The first-order valence-corrected chi connectivity index (χ1v) is 14.6. The number of para-hydroxylation sites is 3. The van der Waals surface area contributed by atoms with Gasteiger partial charge < -0.3 is 0 Å². The Hall–Kier alpha value is -5.94. The van der Waals surface area contributed by atoms with Gasteiger partial charge in [0, 0.05) is 22.3 Å². The lowest BCUT2D eigenvalue weighted by atomic mass is 10.0. The molecule has 0 saturated heterocycles. The average molecular weight is 566 g/mol. The molecule has 0 bridgehead atoms. The van der Waals surface area contributed by atoms with Gasteiger partial charge in [0.25, 0.3) is 0 Å². The molecule has 0 N–H and O–H groups in total. The Kier molecular flexibility index (Phi) is 6.09. The maximum absolute atomic E-state index is 5.09. The Morgan fingerprint density at radius 3 is 1.98 bits per heavy atom. The van der Waals surface area contributed by atoms with Crippen molar-refractivity contribution in [3.8, 4) is 45.3 Å². The summed E-state index contributed by atoms with van der Waals surface area (Å²) in [6.45, 7) is 6.07. The number of rotatable bonds is 5. The lowest BCUT2D eigenvalue weighted by molar-refractivity contribution is 1.07. The van der Waals surface area contributed by atoms with Gasteiger partial charge in [0.15, 0.2) is 17.5 Å². The Labute approximate surface area is 254 Å². The van der Waals surface area contributed by atoms with Crippen molar-refractivity contribution in [3.05, 3.63) is 145 Å². The van der Waals surface area contributed by atoms with Gasteiger partial charge in [-0.15, -0.1) is 0 Å². The van der Waals surface area contributed by atoms with Gasteiger partial charge in [0.1, 0.15) is 5.65 Å². The van der Waals surface area contributed by atoms with Crippen LogP contribution >= 0.6 is 0 Å². The minimum absolute atomic E-state index is 0.613. The fraction of sp³-hybridized carbons (Fsp3) is 0.0256. The molecule has 44 heavy (non-hydrogen) atoms. The molecule has 0 fully saturated rings. The summed E-state index contributed by atoms with van der Waals surface area (Å²) in [7, 11) is 0. The molecular weight excluding hydrogens is 538 g/mol. The smallest absolute Gasteiger partial charge is 0.164 e. The minimum atomic E-state index is 0.613. The summed E-state index contributed by atoms with van der Waals surface area (Å²) in [5.74, 6) is 1.86. The molecule has 5 aromatic carbocycles. The summed E-state index contributed by atoms with van der Waals surface area (Å²) in [4.78, 5) is 20.0. The average Bonchev–Trinajstić information content (AvgIpc) is 3.48. The first-order valence-electron chi connectivity index (χ1n) is 14.6. The van der Waals surface area contributed by atoms with Crippen LogP contribution in [0, 0.1) is 6.92 Å². The van der Waals surface area contributed by atoms with E-state index in [1.54, 1.807) is 0 Å². The molecule has 0 radical (unpaired) electrons. The lowest BCUT2D eigenvalue weighted by Crippen LogP contribution is -2.00. The number of hydrogen-bond acceptors (Lipinski definition) is 4. The molecule has 0 aliphatic carbocycles. The molecular formula is C39H27N5. The fourth-order valence-electron chi connectivity index (χ4n) is 5.87. The topological polar surface area (TPSA) is 56.0 Å². The van der Waals surface area contributed by atoms with Gasteiger partial charge in [-0.3, -0.25) is 4.40 Å². The van der Waals surface area contributed by atoms with Crippen LogP contribution in [-0.4, -0.2) is 24.3 Å². The van der Waals surface area contributed by atoms with Crippen molar-refractivity contribution in [2.45, 2.75) is 6.92 Å². The SMILES string of the molecule is C=Cc1cc(-c2nc(-c3ccccc3)nc(-c3cccc(-c4cc5ccccc5n5c4nc4ccccc45)c3)n2)ccc1C. The predicted octanol–water partition coefficient (Wildman–Crippen LogP) is 9.45. The van der Waals surface area contributed by atoms with Crippen molar-refractivity contribution < 1.29 is 0 Å². The molecule has 8 aromatic rings. The fourth-order valence-corrected chi connectivity index (χ4v) is 5.87. The van der Waals surface area contributed by atoms with Gasteiger partial charge in [0.05, 0.1) is 16.6 Å². The number of nitrogens with zero attached hydrogens (tertiary/aromatic N) is 5. The molecule has 3 aromatic heterocycles. The van der Waals surface area contributed by atoms with Crippen LogP contribution in [-0.2, 0) is 0 Å². The molecule has 0 aliphatic heterocycles. The second-order valence-electron chi connectivity index (χ2n) is 10.9. The first kappa shape index (κ1) is 25.7. The van der Waals surface area contributed by atoms with E-state index in [9.17, 15) is 0 Å². The maximum atomic E-state index is 5.09. The molecule has 0 aliphatic rings. The van der Waals surface area contributed by atoms with Crippen molar-refractivity contribution in [1.82, 2.24) is 24.3 Å². The predicted molar refractivity (Wildman–Crippen MR) is 180 cm³/mol. The number of imidazole rings is 1. The number of pyridine rings is 1. The summed E-state index contributed by atoms with van der Waals surface area (Å²) in [6, 6.07) is 43.6. The molecule has 0 saturated carbocycles. The van der Waals surface area contributed by atoms with Crippen LogP contribution in [0.25, 0.3) is 78.9 Å². The largest absolute Gasteiger partial charge is 0.292 e. The number of fused-ring (bicyclic) bond motifs is 5. The van der Waals surface area contributed by atoms with E-state index in [1.165, 1.54) is 0 Å². The summed E-state index contributed by atoms with van der Waals surface area (Å²) in [5, 5.41) is 1.15.